The molecule has 1 atom stereocenters. The Labute approximate surface area is 334 Å². The molecule has 0 bridgehead atoms. The highest BCUT2D eigenvalue weighted by atomic mass is 16.7. The lowest BCUT2D eigenvalue weighted by atomic mass is 9.79. The highest BCUT2D eigenvalue weighted by molar-refractivity contribution is 6.20. The molecule has 0 spiro atoms. The number of amides is 3. The van der Waals surface area contributed by atoms with Crippen LogP contribution in [0.3, 0.4) is 0 Å². The number of benzene rings is 4. The largest absolute Gasteiger partial charge is 0.497 e. The first-order valence-corrected chi connectivity index (χ1v) is 19.2. The van der Waals surface area contributed by atoms with Gasteiger partial charge in [-0.1, -0.05) is 86.5 Å². The quantitative estimate of drug-likeness (QED) is 0.0367. The summed E-state index contributed by atoms with van der Waals surface area (Å²) in [6.07, 6.45) is 3.01. The molecule has 1 heterocycles. The van der Waals surface area contributed by atoms with E-state index in [-0.39, 0.29) is 45.2 Å². The molecular weight excluding hydrogens is 728 g/mol. The van der Waals surface area contributed by atoms with E-state index in [4.69, 9.17) is 28.5 Å². The smallest absolute Gasteiger partial charge is 0.306 e. The Kier molecular flexibility index (Phi) is 15.4. The van der Waals surface area contributed by atoms with Gasteiger partial charge < -0.3 is 29.0 Å². The Bertz CT molecular complexity index is 1850. The standard InChI is InChI=1S/C45H52N2O10/c1-44(31-55-41(49)27-26-40(48)46-2,30-54-28-12-5-6-13-29-57-47-42(50)38-16-10-11-17-39(38)43(47)51)32-56-45(33-14-8-7-9-15-33,34-18-22-36(52-3)23-19-34)35-20-24-37(53-4)25-21-35/h7-11,14-25H,5-6,12-13,26-32H2,1-4H3,(H,46,48). The molecule has 1 aliphatic heterocycles. The molecule has 1 unspecified atom stereocenters. The normalized spacial score (nSPS) is 13.5. The number of ether oxygens (including phenoxy) is 5. The number of esters is 1. The number of hydroxylamine groups is 2. The highest BCUT2D eigenvalue weighted by Gasteiger charge is 2.41. The molecule has 1 aliphatic rings. The van der Waals surface area contributed by atoms with Crippen LogP contribution < -0.4 is 14.8 Å². The van der Waals surface area contributed by atoms with Gasteiger partial charge in [0.15, 0.2) is 0 Å². The maximum Gasteiger partial charge on any atom is 0.306 e. The minimum Gasteiger partial charge on any atom is -0.497 e. The molecule has 4 aromatic rings. The van der Waals surface area contributed by atoms with Crippen LogP contribution in [0.5, 0.6) is 11.5 Å². The molecule has 0 fully saturated rings. The van der Waals surface area contributed by atoms with Crippen LogP contribution in [0.2, 0.25) is 0 Å². The number of imide groups is 1. The van der Waals surface area contributed by atoms with Crippen molar-refractivity contribution >= 4 is 23.7 Å². The topological polar surface area (TPSA) is 139 Å². The fourth-order valence-electron chi connectivity index (χ4n) is 6.57. The van der Waals surface area contributed by atoms with Gasteiger partial charge in [-0.2, -0.15) is 0 Å². The average molecular weight is 781 g/mol. The van der Waals surface area contributed by atoms with Crippen molar-refractivity contribution in [1.29, 1.82) is 0 Å². The molecule has 12 heteroatoms. The van der Waals surface area contributed by atoms with Crippen LogP contribution in [0.15, 0.2) is 103 Å². The molecule has 4 aromatic carbocycles. The van der Waals surface area contributed by atoms with Crippen molar-refractivity contribution < 1.29 is 47.7 Å². The van der Waals surface area contributed by atoms with Gasteiger partial charge in [0, 0.05) is 25.5 Å². The fraction of sp³-hybridized carbons (Fsp3) is 0.378. The number of rotatable bonds is 23. The van der Waals surface area contributed by atoms with Crippen molar-refractivity contribution in [3.05, 3.63) is 131 Å². The second-order valence-corrected chi connectivity index (χ2v) is 14.2. The number of carbonyl (C=O) groups excluding carboxylic acids is 4. The van der Waals surface area contributed by atoms with E-state index >= 15 is 0 Å². The van der Waals surface area contributed by atoms with Gasteiger partial charge in [0.2, 0.25) is 5.91 Å². The highest BCUT2D eigenvalue weighted by Crippen LogP contribution is 2.43. The maximum absolute atomic E-state index is 12.8. The lowest BCUT2D eigenvalue weighted by Gasteiger charge is -2.39. The Balaban J connectivity index is 1.26. The molecule has 0 saturated heterocycles. The number of hydrogen-bond donors (Lipinski definition) is 1. The average Bonchev–Trinajstić information content (AvgIpc) is 3.50. The van der Waals surface area contributed by atoms with E-state index in [1.807, 2.05) is 85.8 Å². The van der Waals surface area contributed by atoms with Crippen LogP contribution >= 0.6 is 0 Å². The molecule has 12 nitrogen and oxygen atoms in total. The summed E-state index contributed by atoms with van der Waals surface area (Å²) in [6.45, 7) is 2.96. The van der Waals surface area contributed by atoms with Gasteiger partial charge in [0.05, 0.1) is 51.6 Å². The predicted molar refractivity (Wildman–Crippen MR) is 213 cm³/mol. The van der Waals surface area contributed by atoms with E-state index in [1.165, 1.54) is 7.05 Å². The molecule has 302 valence electrons. The summed E-state index contributed by atoms with van der Waals surface area (Å²) in [4.78, 5) is 55.3. The Hall–Kier alpha value is -5.56. The van der Waals surface area contributed by atoms with Crippen molar-refractivity contribution in [3.8, 4) is 11.5 Å². The number of nitrogens with one attached hydrogen (secondary N) is 1. The first kappa shape index (κ1) is 42.6. The third-order valence-electron chi connectivity index (χ3n) is 9.84. The zero-order valence-corrected chi connectivity index (χ0v) is 33.1. The lowest BCUT2D eigenvalue weighted by molar-refractivity contribution is -0.153. The van der Waals surface area contributed by atoms with Gasteiger partial charge in [-0.15, -0.1) is 5.06 Å². The second kappa shape index (κ2) is 20.6. The summed E-state index contributed by atoms with van der Waals surface area (Å²) in [6, 6.07) is 32.1. The number of unbranched alkanes of at least 4 members (excludes halogenated alkanes) is 3. The number of hydrogen-bond acceptors (Lipinski definition) is 10. The SMILES string of the molecule is CNC(=O)CCC(=O)OCC(C)(COCCCCCCON1C(=O)c2ccccc2C1=O)COC(c1ccccc1)(c1ccc(OC)cc1)c1ccc(OC)cc1. The summed E-state index contributed by atoms with van der Waals surface area (Å²) in [7, 11) is 4.77. The minimum atomic E-state index is -1.10. The van der Waals surface area contributed by atoms with Crippen molar-refractivity contribution in [3.63, 3.8) is 0 Å². The molecule has 0 saturated carbocycles. The molecule has 5 rings (SSSR count). The molecule has 0 aliphatic carbocycles. The van der Waals surface area contributed by atoms with Crippen LogP contribution in [0, 0.1) is 5.41 Å². The molecule has 1 N–H and O–H groups in total. The minimum absolute atomic E-state index is 0.00911. The number of carbonyl (C=O) groups is 4. The summed E-state index contributed by atoms with van der Waals surface area (Å²) in [5, 5.41) is 3.37. The van der Waals surface area contributed by atoms with Crippen LogP contribution in [-0.4, -0.2) is 83.1 Å². The van der Waals surface area contributed by atoms with Crippen molar-refractivity contribution in [2.24, 2.45) is 5.41 Å². The van der Waals surface area contributed by atoms with Gasteiger partial charge in [0.25, 0.3) is 11.8 Å². The zero-order chi connectivity index (χ0) is 40.7. The molecule has 57 heavy (non-hydrogen) atoms. The van der Waals surface area contributed by atoms with Crippen LogP contribution in [0.25, 0.3) is 0 Å². The predicted octanol–water partition coefficient (Wildman–Crippen LogP) is 6.89. The van der Waals surface area contributed by atoms with Gasteiger partial charge in [-0.25, -0.2) is 0 Å². The Morgan fingerprint density at radius 2 is 1.16 bits per heavy atom. The molecule has 0 aromatic heterocycles. The first-order valence-electron chi connectivity index (χ1n) is 19.2. The van der Waals surface area contributed by atoms with E-state index in [0.29, 0.717) is 35.7 Å². The van der Waals surface area contributed by atoms with Gasteiger partial charge in [-0.3, -0.25) is 24.0 Å². The third kappa shape index (κ3) is 10.9. The maximum atomic E-state index is 12.8. The molecular formula is C45H52N2O10. The molecule has 3 amide bonds. The number of fused-ring (bicyclic) bond motifs is 1. The van der Waals surface area contributed by atoms with Crippen LogP contribution in [0.1, 0.15) is 82.9 Å². The van der Waals surface area contributed by atoms with Gasteiger partial charge in [0.1, 0.15) is 23.7 Å². The first-order chi connectivity index (χ1) is 27.6. The monoisotopic (exact) mass is 780 g/mol. The van der Waals surface area contributed by atoms with Crippen molar-refractivity contribution in [2.45, 2.75) is 51.0 Å². The summed E-state index contributed by atoms with van der Waals surface area (Å²) < 4.78 is 30.1. The summed E-state index contributed by atoms with van der Waals surface area (Å²) in [5.41, 5.74) is 1.40. The van der Waals surface area contributed by atoms with Gasteiger partial charge >= 0.3 is 5.97 Å². The van der Waals surface area contributed by atoms with Crippen molar-refractivity contribution in [2.75, 3.05) is 54.3 Å². The number of methoxy groups -OCH3 is 2. The van der Waals surface area contributed by atoms with E-state index in [0.717, 1.165) is 41.0 Å². The third-order valence-corrected chi connectivity index (χ3v) is 9.84. The van der Waals surface area contributed by atoms with Gasteiger partial charge in [-0.05, 0) is 65.9 Å². The van der Waals surface area contributed by atoms with Crippen LogP contribution in [-0.2, 0) is 34.2 Å². The number of nitrogens with zero attached hydrogens (tertiary/aromatic N) is 1. The second-order valence-electron chi connectivity index (χ2n) is 14.2. The Morgan fingerprint density at radius 3 is 1.70 bits per heavy atom. The fourth-order valence-corrected chi connectivity index (χ4v) is 6.57. The summed E-state index contributed by atoms with van der Waals surface area (Å²) in [5.74, 6) is -0.222. The van der Waals surface area contributed by atoms with Crippen molar-refractivity contribution in [1.82, 2.24) is 10.4 Å². The van der Waals surface area contributed by atoms with E-state index in [1.54, 1.807) is 38.5 Å². The van der Waals surface area contributed by atoms with Crippen LogP contribution in [0.4, 0.5) is 0 Å². The Morgan fingerprint density at radius 1 is 0.632 bits per heavy atom. The lowest BCUT2D eigenvalue weighted by Crippen LogP contribution is -2.41. The van der Waals surface area contributed by atoms with E-state index in [2.05, 4.69) is 5.32 Å². The summed E-state index contributed by atoms with van der Waals surface area (Å²) >= 11 is 0. The molecule has 0 radical (unpaired) electrons. The van der Waals surface area contributed by atoms with E-state index < -0.39 is 28.8 Å². The zero-order valence-electron chi connectivity index (χ0n) is 33.1. The van der Waals surface area contributed by atoms with E-state index in [9.17, 15) is 19.2 Å².